The van der Waals surface area contributed by atoms with Crippen LogP contribution in [-0.4, -0.2) is 51.5 Å². The van der Waals surface area contributed by atoms with Crippen LogP contribution in [-0.2, 0) is 9.59 Å². The number of para-hydroxylation sites is 2. The van der Waals surface area contributed by atoms with Crippen LogP contribution in [0.2, 0.25) is 0 Å². The molecule has 1 saturated heterocycles. The number of thioether (sulfide) groups is 1. The molecule has 1 saturated carbocycles. The zero-order chi connectivity index (χ0) is 21.4. The molecule has 31 heavy (non-hydrogen) atoms. The third-order valence-corrected chi connectivity index (χ3v) is 7.08. The second-order valence-corrected chi connectivity index (χ2v) is 9.54. The molecule has 0 unspecified atom stereocenters. The zero-order valence-electron chi connectivity index (χ0n) is 17.8. The molecule has 9 heteroatoms. The fraction of sp³-hybridized carbons (Fsp3) is 0.545. The van der Waals surface area contributed by atoms with Gasteiger partial charge in [0.05, 0.1) is 17.1 Å². The van der Waals surface area contributed by atoms with E-state index in [0.29, 0.717) is 11.7 Å². The minimum Gasteiger partial charge on any atom is -0.341 e. The summed E-state index contributed by atoms with van der Waals surface area (Å²) in [7, 11) is 0. The maximum Gasteiger partial charge on any atom is 0.237 e. The maximum atomic E-state index is 13.3. The number of hydrogen-bond acceptors (Lipinski definition) is 6. The number of fused-ring (bicyclic) bond motifs is 1. The van der Waals surface area contributed by atoms with Gasteiger partial charge in [-0.2, -0.15) is 0 Å². The number of benzene rings is 1. The number of carbonyl (C=O) groups excluding carboxylic acids is 2. The highest BCUT2D eigenvalue weighted by Crippen LogP contribution is 2.41. The molecule has 2 fully saturated rings. The van der Waals surface area contributed by atoms with Gasteiger partial charge in [-0.1, -0.05) is 23.9 Å². The number of piperidine rings is 1. The molecule has 0 bridgehead atoms. The molecule has 1 aromatic carbocycles. The minimum absolute atomic E-state index is 0.0219. The smallest absolute Gasteiger partial charge is 0.237 e. The molecule has 1 atom stereocenters. The van der Waals surface area contributed by atoms with Crippen LogP contribution in [0.15, 0.2) is 29.4 Å². The van der Waals surface area contributed by atoms with Crippen LogP contribution in [0.1, 0.15) is 51.5 Å². The molecule has 0 radical (unpaired) electrons. The fourth-order valence-corrected chi connectivity index (χ4v) is 5.35. The summed E-state index contributed by atoms with van der Waals surface area (Å²) in [6.45, 7) is 3.97. The summed E-state index contributed by atoms with van der Waals surface area (Å²) in [5, 5.41) is 12.7. The van der Waals surface area contributed by atoms with Crippen molar-refractivity contribution in [1.82, 2.24) is 14.8 Å². The molecule has 5 rings (SSSR count). The summed E-state index contributed by atoms with van der Waals surface area (Å²) in [6.07, 6.45) is 6.23. The van der Waals surface area contributed by atoms with Crippen LogP contribution >= 0.6 is 11.8 Å². The SMILES string of the molecule is C[C@H]1CC(=O)Nc2ccccc2N1C(=O)CSc1nnc(N2CCCCC2)n1C1CC1. The van der Waals surface area contributed by atoms with E-state index in [1.54, 1.807) is 4.90 Å². The Morgan fingerprint density at radius 1 is 1.16 bits per heavy atom. The van der Waals surface area contributed by atoms with Gasteiger partial charge < -0.3 is 15.1 Å². The topological polar surface area (TPSA) is 83.4 Å². The average Bonchev–Trinajstić information content (AvgIpc) is 3.54. The summed E-state index contributed by atoms with van der Waals surface area (Å²) < 4.78 is 2.24. The molecule has 2 amide bonds. The Bertz CT molecular complexity index is 982. The van der Waals surface area contributed by atoms with E-state index < -0.39 is 0 Å². The highest BCUT2D eigenvalue weighted by Gasteiger charge is 2.33. The molecule has 0 spiro atoms. The van der Waals surface area contributed by atoms with Crippen molar-refractivity contribution in [3.8, 4) is 0 Å². The highest BCUT2D eigenvalue weighted by molar-refractivity contribution is 7.99. The molecule has 164 valence electrons. The molecule has 3 aliphatic rings. The molecule has 1 N–H and O–H groups in total. The predicted molar refractivity (Wildman–Crippen MR) is 122 cm³/mol. The molecule has 1 aliphatic carbocycles. The number of nitrogens with zero attached hydrogens (tertiary/aromatic N) is 5. The van der Waals surface area contributed by atoms with Gasteiger partial charge >= 0.3 is 0 Å². The Labute approximate surface area is 186 Å². The van der Waals surface area contributed by atoms with Gasteiger partial charge in [-0.3, -0.25) is 14.2 Å². The van der Waals surface area contributed by atoms with Gasteiger partial charge in [0.15, 0.2) is 5.16 Å². The molecule has 1 aromatic heterocycles. The predicted octanol–water partition coefficient (Wildman–Crippen LogP) is 3.46. The van der Waals surface area contributed by atoms with E-state index in [4.69, 9.17) is 0 Å². The van der Waals surface area contributed by atoms with Gasteiger partial charge in [-0.25, -0.2) is 0 Å². The monoisotopic (exact) mass is 440 g/mol. The van der Waals surface area contributed by atoms with Crippen molar-refractivity contribution in [2.24, 2.45) is 0 Å². The van der Waals surface area contributed by atoms with Crippen molar-refractivity contribution in [3.05, 3.63) is 24.3 Å². The lowest BCUT2D eigenvalue weighted by atomic mass is 10.1. The number of nitrogens with one attached hydrogen (secondary N) is 1. The van der Waals surface area contributed by atoms with Crippen molar-refractivity contribution in [2.45, 2.75) is 62.7 Å². The summed E-state index contributed by atoms with van der Waals surface area (Å²) in [4.78, 5) is 29.6. The second-order valence-electron chi connectivity index (χ2n) is 8.60. The number of hydrogen-bond donors (Lipinski definition) is 1. The molecule has 3 heterocycles. The average molecular weight is 441 g/mol. The molecule has 8 nitrogen and oxygen atoms in total. The second kappa shape index (κ2) is 8.53. The van der Waals surface area contributed by atoms with Crippen LogP contribution in [0.3, 0.4) is 0 Å². The normalized spacial score (nSPS) is 21.5. The van der Waals surface area contributed by atoms with E-state index in [1.807, 2.05) is 31.2 Å². The first kappa shape index (κ1) is 20.4. The van der Waals surface area contributed by atoms with E-state index in [-0.39, 0.29) is 30.0 Å². The van der Waals surface area contributed by atoms with E-state index >= 15 is 0 Å². The van der Waals surface area contributed by atoms with Crippen LogP contribution < -0.4 is 15.1 Å². The van der Waals surface area contributed by atoms with Crippen LogP contribution in [0.25, 0.3) is 0 Å². The van der Waals surface area contributed by atoms with Crippen LogP contribution in [0, 0.1) is 0 Å². The van der Waals surface area contributed by atoms with Gasteiger partial charge in [0.1, 0.15) is 0 Å². The summed E-state index contributed by atoms with van der Waals surface area (Å²) in [5.74, 6) is 1.13. The van der Waals surface area contributed by atoms with E-state index in [1.165, 1.54) is 31.0 Å². The lowest BCUT2D eigenvalue weighted by molar-refractivity contribution is -0.117. The van der Waals surface area contributed by atoms with Gasteiger partial charge in [0, 0.05) is 31.6 Å². The van der Waals surface area contributed by atoms with Crippen LogP contribution in [0.4, 0.5) is 17.3 Å². The van der Waals surface area contributed by atoms with E-state index in [9.17, 15) is 9.59 Å². The lowest BCUT2D eigenvalue weighted by Crippen LogP contribution is -2.40. The first-order chi connectivity index (χ1) is 15.1. The summed E-state index contributed by atoms with van der Waals surface area (Å²) in [5.41, 5.74) is 1.44. The number of carbonyl (C=O) groups is 2. The highest BCUT2D eigenvalue weighted by atomic mass is 32.2. The van der Waals surface area contributed by atoms with Crippen LogP contribution in [0.5, 0.6) is 0 Å². The number of aromatic nitrogens is 3. The summed E-state index contributed by atoms with van der Waals surface area (Å²) in [6, 6.07) is 7.73. The Hall–Kier alpha value is -2.55. The van der Waals surface area contributed by atoms with Crippen molar-refractivity contribution in [2.75, 3.05) is 34.0 Å². The van der Waals surface area contributed by atoms with Crippen molar-refractivity contribution >= 4 is 40.9 Å². The Morgan fingerprint density at radius 2 is 1.94 bits per heavy atom. The Morgan fingerprint density at radius 3 is 2.71 bits per heavy atom. The summed E-state index contributed by atoms with van der Waals surface area (Å²) >= 11 is 1.45. The van der Waals surface area contributed by atoms with Gasteiger partial charge in [0.25, 0.3) is 0 Å². The third-order valence-electron chi connectivity index (χ3n) is 6.15. The first-order valence-electron chi connectivity index (χ1n) is 11.2. The van der Waals surface area contributed by atoms with Gasteiger partial charge in [-0.15, -0.1) is 10.2 Å². The number of rotatable bonds is 5. The standard InChI is InChI=1S/C22H28N6O2S/c1-15-13-19(29)23-17-7-3-4-8-18(17)27(15)20(30)14-31-22-25-24-21(28(22)16-9-10-16)26-11-5-2-6-12-26/h3-4,7-8,15-16H,2,5-6,9-14H2,1H3,(H,23,29)/t15-/m0/s1. The number of anilines is 3. The van der Waals surface area contributed by atoms with Gasteiger partial charge in [-0.05, 0) is 51.2 Å². The minimum atomic E-state index is -0.207. The Kier molecular flexibility index (Phi) is 5.60. The molecular weight excluding hydrogens is 412 g/mol. The van der Waals surface area contributed by atoms with E-state index in [2.05, 4.69) is 25.0 Å². The quantitative estimate of drug-likeness (QED) is 0.717. The van der Waals surface area contributed by atoms with Crippen molar-refractivity contribution in [1.29, 1.82) is 0 Å². The number of amides is 2. The third kappa shape index (κ3) is 4.15. The molecule has 2 aliphatic heterocycles. The first-order valence-corrected chi connectivity index (χ1v) is 12.1. The maximum absolute atomic E-state index is 13.3. The zero-order valence-corrected chi connectivity index (χ0v) is 18.6. The molecular formula is C22H28N6O2S. The van der Waals surface area contributed by atoms with E-state index in [0.717, 1.165) is 42.7 Å². The Balaban J connectivity index is 1.35. The van der Waals surface area contributed by atoms with Crippen molar-refractivity contribution < 1.29 is 9.59 Å². The molecule has 2 aromatic rings. The van der Waals surface area contributed by atoms with Gasteiger partial charge in [0.2, 0.25) is 17.8 Å². The lowest BCUT2D eigenvalue weighted by Gasteiger charge is -2.28. The largest absolute Gasteiger partial charge is 0.341 e. The van der Waals surface area contributed by atoms with Crippen molar-refractivity contribution in [3.63, 3.8) is 0 Å². The fourth-order valence-electron chi connectivity index (χ4n) is 4.49.